The van der Waals surface area contributed by atoms with E-state index in [2.05, 4.69) is 15.3 Å². The number of rotatable bonds is 4. The molecule has 18 heavy (non-hydrogen) atoms. The van der Waals surface area contributed by atoms with Crippen LogP contribution in [0.5, 0.6) is 5.75 Å². The molecule has 1 heterocycles. The fourth-order valence-corrected chi connectivity index (χ4v) is 1.69. The summed E-state index contributed by atoms with van der Waals surface area (Å²) in [4.78, 5) is 18.7. The minimum Gasteiger partial charge on any atom is -0.507 e. The highest BCUT2D eigenvalue weighted by Crippen LogP contribution is 2.21. The Morgan fingerprint density at radius 2 is 2.33 bits per heavy atom. The van der Waals surface area contributed by atoms with Gasteiger partial charge in [0.1, 0.15) is 11.6 Å². The van der Waals surface area contributed by atoms with Crippen LogP contribution in [-0.4, -0.2) is 27.5 Å². The van der Waals surface area contributed by atoms with Crippen LogP contribution in [0.4, 0.5) is 0 Å². The van der Waals surface area contributed by atoms with Crippen LogP contribution in [0.3, 0.4) is 0 Å². The van der Waals surface area contributed by atoms with Crippen molar-refractivity contribution in [2.45, 2.75) is 6.42 Å². The molecular weight excluding hydrogens is 254 g/mol. The Labute approximate surface area is 109 Å². The molecule has 0 unspecified atom stereocenters. The molecule has 0 radical (unpaired) electrons. The van der Waals surface area contributed by atoms with Crippen molar-refractivity contribution in [1.29, 1.82) is 0 Å². The summed E-state index contributed by atoms with van der Waals surface area (Å²) < 4.78 is 0. The van der Waals surface area contributed by atoms with E-state index < -0.39 is 0 Å². The molecule has 1 aromatic heterocycles. The van der Waals surface area contributed by atoms with E-state index >= 15 is 0 Å². The first kappa shape index (κ1) is 12.4. The van der Waals surface area contributed by atoms with Gasteiger partial charge in [-0.25, -0.2) is 4.98 Å². The topological polar surface area (TPSA) is 78.0 Å². The molecule has 0 saturated carbocycles. The van der Waals surface area contributed by atoms with Crippen LogP contribution in [0.25, 0.3) is 0 Å². The van der Waals surface area contributed by atoms with Gasteiger partial charge in [-0.1, -0.05) is 11.6 Å². The third-order valence-corrected chi connectivity index (χ3v) is 2.64. The third-order valence-electron chi connectivity index (χ3n) is 2.41. The second kappa shape index (κ2) is 5.55. The maximum atomic E-state index is 11.8. The molecule has 0 aliphatic heterocycles. The van der Waals surface area contributed by atoms with Crippen LogP contribution >= 0.6 is 11.6 Å². The predicted molar refractivity (Wildman–Crippen MR) is 67.7 cm³/mol. The highest BCUT2D eigenvalue weighted by atomic mass is 35.5. The number of benzene rings is 1. The van der Waals surface area contributed by atoms with Gasteiger partial charge in [-0.05, 0) is 18.2 Å². The fourth-order valence-electron chi connectivity index (χ4n) is 1.52. The van der Waals surface area contributed by atoms with Crippen molar-refractivity contribution in [2.75, 3.05) is 6.54 Å². The zero-order chi connectivity index (χ0) is 13.0. The van der Waals surface area contributed by atoms with Gasteiger partial charge in [0.2, 0.25) is 0 Å². The molecule has 1 amide bonds. The van der Waals surface area contributed by atoms with Crippen molar-refractivity contribution in [2.24, 2.45) is 0 Å². The van der Waals surface area contributed by atoms with Gasteiger partial charge < -0.3 is 15.4 Å². The number of carbonyl (C=O) groups is 1. The van der Waals surface area contributed by atoms with Crippen molar-refractivity contribution in [3.05, 3.63) is 47.0 Å². The number of hydrogen-bond acceptors (Lipinski definition) is 3. The molecule has 2 rings (SSSR count). The lowest BCUT2D eigenvalue weighted by molar-refractivity contribution is 0.0951. The largest absolute Gasteiger partial charge is 0.507 e. The summed E-state index contributed by atoms with van der Waals surface area (Å²) in [5, 5.41) is 12.7. The van der Waals surface area contributed by atoms with Gasteiger partial charge >= 0.3 is 0 Å². The van der Waals surface area contributed by atoms with Crippen LogP contribution in [0.2, 0.25) is 5.02 Å². The number of hydrogen-bond donors (Lipinski definition) is 3. The molecule has 6 heteroatoms. The van der Waals surface area contributed by atoms with E-state index in [1.807, 2.05) is 0 Å². The average molecular weight is 266 g/mol. The van der Waals surface area contributed by atoms with E-state index in [4.69, 9.17) is 11.6 Å². The standard InChI is InChI=1S/C12H12ClN3O2/c13-8-1-2-9(10(17)7-8)12(18)16-4-3-11-14-5-6-15-11/h1-2,5-7,17H,3-4H2,(H,14,15)(H,16,18). The van der Waals surface area contributed by atoms with Crippen LogP contribution in [-0.2, 0) is 6.42 Å². The lowest BCUT2D eigenvalue weighted by atomic mass is 10.2. The molecule has 5 nitrogen and oxygen atoms in total. The Hall–Kier alpha value is -2.01. The second-order valence-electron chi connectivity index (χ2n) is 3.70. The van der Waals surface area contributed by atoms with Crippen LogP contribution in [0, 0.1) is 0 Å². The minimum atomic E-state index is -0.337. The number of phenols is 1. The number of imidazole rings is 1. The Bertz CT molecular complexity index is 540. The number of phenolic OH excluding ortho intramolecular Hbond substituents is 1. The maximum absolute atomic E-state index is 11.8. The van der Waals surface area contributed by atoms with Crippen LogP contribution < -0.4 is 5.32 Å². The van der Waals surface area contributed by atoms with Gasteiger partial charge in [0.15, 0.2) is 0 Å². The zero-order valence-electron chi connectivity index (χ0n) is 9.48. The molecule has 0 atom stereocenters. The van der Waals surface area contributed by atoms with Gasteiger partial charge in [-0.15, -0.1) is 0 Å². The molecule has 0 fully saturated rings. The third kappa shape index (κ3) is 3.01. The molecule has 94 valence electrons. The van der Waals surface area contributed by atoms with E-state index in [0.29, 0.717) is 18.0 Å². The Balaban J connectivity index is 1.91. The van der Waals surface area contributed by atoms with E-state index in [9.17, 15) is 9.90 Å². The smallest absolute Gasteiger partial charge is 0.255 e. The van der Waals surface area contributed by atoms with Gasteiger partial charge in [-0.2, -0.15) is 0 Å². The zero-order valence-corrected chi connectivity index (χ0v) is 10.2. The SMILES string of the molecule is O=C(NCCc1ncc[nH]1)c1ccc(Cl)cc1O. The first-order valence-electron chi connectivity index (χ1n) is 5.42. The van der Waals surface area contributed by atoms with Crippen molar-refractivity contribution in [3.8, 4) is 5.75 Å². The Morgan fingerprint density at radius 1 is 1.50 bits per heavy atom. The number of amides is 1. The molecule has 0 spiro atoms. The molecule has 0 bridgehead atoms. The normalized spacial score (nSPS) is 10.3. The van der Waals surface area contributed by atoms with Crippen LogP contribution in [0.1, 0.15) is 16.2 Å². The summed E-state index contributed by atoms with van der Waals surface area (Å²) in [5.74, 6) is 0.337. The molecule has 3 N–H and O–H groups in total. The number of halogens is 1. The molecule has 0 aliphatic rings. The first-order chi connectivity index (χ1) is 8.66. The number of aromatic amines is 1. The summed E-state index contributed by atoms with van der Waals surface area (Å²) in [6, 6.07) is 4.38. The van der Waals surface area contributed by atoms with E-state index in [-0.39, 0.29) is 17.2 Å². The summed E-state index contributed by atoms with van der Waals surface area (Å²) in [7, 11) is 0. The lowest BCUT2D eigenvalue weighted by Crippen LogP contribution is -2.26. The number of nitrogens with zero attached hydrogens (tertiary/aromatic N) is 1. The first-order valence-corrected chi connectivity index (χ1v) is 5.79. The molecule has 1 aromatic carbocycles. The van der Waals surface area contributed by atoms with E-state index in [1.54, 1.807) is 18.5 Å². The van der Waals surface area contributed by atoms with Gasteiger partial charge in [0.05, 0.1) is 5.56 Å². The van der Waals surface area contributed by atoms with Crippen molar-refractivity contribution < 1.29 is 9.90 Å². The maximum Gasteiger partial charge on any atom is 0.255 e. The Kier molecular flexibility index (Phi) is 3.84. The molecular formula is C12H12ClN3O2. The number of aromatic nitrogens is 2. The van der Waals surface area contributed by atoms with Gasteiger partial charge in [-0.3, -0.25) is 4.79 Å². The number of carbonyl (C=O) groups excluding carboxylic acids is 1. The minimum absolute atomic E-state index is 0.127. The molecule has 0 aliphatic carbocycles. The quantitative estimate of drug-likeness (QED) is 0.788. The van der Waals surface area contributed by atoms with E-state index in [0.717, 1.165) is 5.82 Å². The summed E-state index contributed by atoms with van der Waals surface area (Å²) in [6.45, 7) is 0.439. The molecule has 0 saturated heterocycles. The summed E-state index contributed by atoms with van der Waals surface area (Å²) in [5.41, 5.74) is 0.207. The van der Waals surface area contributed by atoms with Crippen LogP contribution in [0.15, 0.2) is 30.6 Å². The van der Waals surface area contributed by atoms with Gasteiger partial charge in [0, 0.05) is 30.4 Å². The lowest BCUT2D eigenvalue weighted by Gasteiger charge is -2.06. The average Bonchev–Trinajstić information content (AvgIpc) is 2.81. The highest BCUT2D eigenvalue weighted by molar-refractivity contribution is 6.30. The van der Waals surface area contributed by atoms with Crippen molar-refractivity contribution in [1.82, 2.24) is 15.3 Å². The fraction of sp³-hybridized carbons (Fsp3) is 0.167. The number of nitrogens with one attached hydrogen (secondary N) is 2. The number of aromatic hydroxyl groups is 1. The predicted octanol–water partition coefficient (Wildman–Crippen LogP) is 1.74. The number of H-pyrrole nitrogens is 1. The second-order valence-corrected chi connectivity index (χ2v) is 4.14. The summed E-state index contributed by atoms with van der Waals surface area (Å²) in [6.07, 6.45) is 3.98. The summed E-state index contributed by atoms with van der Waals surface area (Å²) >= 11 is 5.69. The molecule has 2 aromatic rings. The van der Waals surface area contributed by atoms with Crippen molar-refractivity contribution in [3.63, 3.8) is 0 Å². The van der Waals surface area contributed by atoms with E-state index in [1.165, 1.54) is 12.1 Å². The monoisotopic (exact) mass is 265 g/mol. The van der Waals surface area contributed by atoms with Gasteiger partial charge in [0.25, 0.3) is 5.91 Å². The van der Waals surface area contributed by atoms with Crippen molar-refractivity contribution >= 4 is 17.5 Å². The highest BCUT2D eigenvalue weighted by Gasteiger charge is 2.10. The Morgan fingerprint density at radius 3 is 3.00 bits per heavy atom.